The van der Waals surface area contributed by atoms with Gasteiger partial charge < -0.3 is 19.1 Å². The van der Waals surface area contributed by atoms with Crippen LogP contribution in [0.3, 0.4) is 0 Å². The summed E-state index contributed by atoms with van der Waals surface area (Å²) >= 11 is 0. The van der Waals surface area contributed by atoms with E-state index in [1.807, 2.05) is 24.3 Å². The fraction of sp³-hybridized carbons (Fsp3) is 0.500. The van der Waals surface area contributed by atoms with Gasteiger partial charge >= 0.3 is 0 Å². The molecule has 2 aromatic carbocycles. The molecule has 0 spiro atoms. The lowest BCUT2D eigenvalue weighted by Crippen LogP contribution is -2.62. The Morgan fingerprint density at radius 3 is 2.54 bits per heavy atom. The molecule has 2 aromatic rings. The molecule has 0 saturated carbocycles. The van der Waals surface area contributed by atoms with Crippen molar-refractivity contribution >= 4 is 10.8 Å². The van der Waals surface area contributed by atoms with Crippen molar-refractivity contribution < 1.29 is 19.1 Å². The summed E-state index contributed by atoms with van der Waals surface area (Å²) in [6, 6.07) is 14.7. The summed E-state index contributed by atoms with van der Waals surface area (Å²) in [5, 5.41) is 12.8. The maximum atomic E-state index is 10.6. The lowest BCUT2D eigenvalue weighted by atomic mass is 10.1. The number of quaternary nitrogens is 1. The Morgan fingerprint density at radius 1 is 1.08 bits per heavy atom. The second-order valence-corrected chi connectivity index (χ2v) is 7.00. The zero-order valence-corrected chi connectivity index (χ0v) is 14.6. The first-order valence-corrected chi connectivity index (χ1v) is 8.83. The molecule has 130 valence electrons. The van der Waals surface area contributed by atoms with Crippen molar-refractivity contribution in [1.82, 2.24) is 0 Å². The molecule has 24 heavy (non-hydrogen) atoms. The van der Waals surface area contributed by atoms with Gasteiger partial charge in [-0.2, -0.15) is 0 Å². The van der Waals surface area contributed by atoms with E-state index >= 15 is 0 Å². The van der Waals surface area contributed by atoms with Crippen LogP contribution in [0.1, 0.15) is 13.8 Å². The summed E-state index contributed by atoms with van der Waals surface area (Å²) in [5.41, 5.74) is 0. The van der Waals surface area contributed by atoms with E-state index in [-0.39, 0.29) is 0 Å². The molecular weight excluding hydrogens is 302 g/mol. The predicted octanol–water partition coefficient (Wildman–Crippen LogP) is 2.83. The summed E-state index contributed by atoms with van der Waals surface area (Å²) < 4.78 is 12.4. The fourth-order valence-electron chi connectivity index (χ4n) is 3.60. The van der Waals surface area contributed by atoms with Gasteiger partial charge in [0.2, 0.25) is 0 Å². The molecule has 1 atom stereocenters. The van der Waals surface area contributed by atoms with Crippen LogP contribution in [-0.2, 0) is 4.74 Å². The van der Waals surface area contributed by atoms with Crippen LogP contribution in [0.15, 0.2) is 42.5 Å². The number of morpholine rings is 1. The van der Waals surface area contributed by atoms with Crippen LogP contribution in [0.2, 0.25) is 0 Å². The van der Waals surface area contributed by atoms with Crippen LogP contribution < -0.4 is 4.74 Å². The number of hydrogen-bond donors (Lipinski definition) is 1. The number of nitrogens with zero attached hydrogens (tertiary/aromatic N) is 1. The number of fused-ring (bicyclic) bond motifs is 1. The maximum Gasteiger partial charge on any atom is 0.137 e. The third-order valence-corrected chi connectivity index (χ3v) is 5.21. The predicted molar refractivity (Wildman–Crippen MR) is 96.3 cm³/mol. The number of ether oxygens (including phenoxy) is 2. The molecule has 3 rings (SSSR count). The number of aliphatic hydroxyl groups is 1. The molecule has 1 fully saturated rings. The van der Waals surface area contributed by atoms with Gasteiger partial charge in [-0.25, -0.2) is 0 Å². The van der Waals surface area contributed by atoms with E-state index in [0.29, 0.717) is 19.2 Å². The highest BCUT2D eigenvalue weighted by molar-refractivity contribution is 5.88. The quantitative estimate of drug-likeness (QED) is 0.828. The van der Waals surface area contributed by atoms with Crippen molar-refractivity contribution in [3.8, 4) is 5.75 Å². The second-order valence-electron chi connectivity index (χ2n) is 7.00. The molecule has 0 unspecified atom stereocenters. The zero-order chi connectivity index (χ0) is 17.0. The van der Waals surface area contributed by atoms with E-state index < -0.39 is 6.10 Å². The number of benzene rings is 2. The Morgan fingerprint density at radius 2 is 1.79 bits per heavy atom. The maximum absolute atomic E-state index is 10.6. The Bertz CT molecular complexity index is 659. The van der Waals surface area contributed by atoms with Gasteiger partial charge in [0.15, 0.2) is 0 Å². The van der Waals surface area contributed by atoms with E-state index in [2.05, 4.69) is 32.0 Å². The SMILES string of the molecule is CC(C)[N+]1(C[C@@H](O)COc2cccc3ccccc23)CCOCC1. The van der Waals surface area contributed by atoms with Crippen molar-refractivity contribution in [3.05, 3.63) is 42.5 Å². The zero-order valence-electron chi connectivity index (χ0n) is 14.6. The van der Waals surface area contributed by atoms with Gasteiger partial charge in [-0.15, -0.1) is 0 Å². The largest absolute Gasteiger partial charge is 0.490 e. The first-order chi connectivity index (χ1) is 11.6. The van der Waals surface area contributed by atoms with Gasteiger partial charge in [0.1, 0.15) is 38.1 Å². The smallest absolute Gasteiger partial charge is 0.137 e. The van der Waals surface area contributed by atoms with Gasteiger partial charge in [0.25, 0.3) is 0 Å². The van der Waals surface area contributed by atoms with E-state index in [1.165, 1.54) is 0 Å². The molecule has 1 N–H and O–H groups in total. The van der Waals surface area contributed by atoms with Crippen molar-refractivity contribution in [2.75, 3.05) is 39.5 Å². The van der Waals surface area contributed by atoms with Crippen LogP contribution in [0.5, 0.6) is 5.75 Å². The molecular formula is C20H28NO3+. The average molecular weight is 330 g/mol. The Hall–Kier alpha value is -1.62. The molecule has 0 amide bonds. The molecule has 4 nitrogen and oxygen atoms in total. The third-order valence-electron chi connectivity index (χ3n) is 5.21. The van der Waals surface area contributed by atoms with E-state index in [1.54, 1.807) is 0 Å². The van der Waals surface area contributed by atoms with Crippen LogP contribution in [-0.4, -0.2) is 61.2 Å². The molecule has 1 aliphatic heterocycles. The Labute approximate surface area is 144 Å². The van der Waals surface area contributed by atoms with Crippen LogP contribution >= 0.6 is 0 Å². The molecule has 0 aliphatic carbocycles. The molecule has 1 heterocycles. The number of hydrogen-bond acceptors (Lipinski definition) is 3. The third kappa shape index (κ3) is 3.72. The Balaban J connectivity index is 1.65. The van der Waals surface area contributed by atoms with Crippen molar-refractivity contribution in [2.24, 2.45) is 0 Å². The lowest BCUT2D eigenvalue weighted by Gasteiger charge is -2.45. The Kier molecular flexibility index (Phi) is 5.39. The summed E-state index contributed by atoms with van der Waals surface area (Å²) in [6.07, 6.45) is -0.482. The minimum atomic E-state index is -0.482. The first kappa shape index (κ1) is 17.2. The number of rotatable bonds is 6. The van der Waals surface area contributed by atoms with Gasteiger partial charge in [-0.1, -0.05) is 36.4 Å². The van der Waals surface area contributed by atoms with Crippen LogP contribution in [0.4, 0.5) is 0 Å². The van der Waals surface area contributed by atoms with Crippen molar-refractivity contribution in [2.45, 2.75) is 26.0 Å². The van der Waals surface area contributed by atoms with E-state index in [0.717, 1.165) is 47.3 Å². The molecule has 1 saturated heterocycles. The highest BCUT2D eigenvalue weighted by Crippen LogP contribution is 2.25. The lowest BCUT2D eigenvalue weighted by molar-refractivity contribution is -0.956. The minimum absolute atomic E-state index is 0.321. The average Bonchev–Trinajstić information content (AvgIpc) is 2.60. The van der Waals surface area contributed by atoms with Crippen LogP contribution in [0, 0.1) is 0 Å². The minimum Gasteiger partial charge on any atom is -0.490 e. The second kappa shape index (κ2) is 7.51. The standard InChI is InChI=1S/C20H28NO3/c1-16(2)21(10-12-23-13-11-21)14-18(22)15-24-20-9-5-7-17-6-3-4-8-19(17)20/h3-9,16,18,22H,10-15H2,1-2H3/q+1/t18-/m1/s1. The topological polar surface area (TPSA) is 38.7 Å². The summed E-state index contributed by atoms with van der Waals surface area (Å²) in [5.74, 6) is 0.838. The summed E-state index contributed by atoms with van der Waals surface area (Å²) in [4.78, 5) is 0. The van der Waals surface area contributed by atoms with E-state index in [4.69, 9.17) is 9.47 Å². The van der Waals surface area contributed by atoms with Gasteiger partial charge in [-0.3, -0.25) is 0 Å². The first-order valence-electron chi connectivity index (χ1n) is 8.83. The molecule has 1 aliphatic rings. The normalized spacial score (nSPS) is 18.7. The van der Waals surface area contributed by atoms with Gasteiger partial charge in [0, 0.05) is 5.39 Å². The van der Waals surface area contributed by atoms with Gasteiger partial charge in [0.05, 0.1) is 19.3 Å². The monoisotopic (exact) mass is 330 g/mol. The highest BCUT2D eigenvalue weighted by Gasteiger charge is 2.35. The molecule has 0 aromatic heterocycles. The fourth-order valence-corrected chi connectivity index (χ4v) is 3.60. The van der Waals surface area contributed by atoms with Crippen molar-refractivity contribution in [1.29, 1.82) is 0 Å². The molecule has 0 radical (unpaired) electrons. The highest BCUT2D eigenvalue weighted by atomic mass is 16.5. The summed E-state index contributed by atoms with van der Waals surface area (Å²) in [6.45, 7) is 8.96. The molecule has 0 bridgehead atoms. The van der Waals surface area contributed by atoms with Crippen molar-refractivity contribution in [3.63, 3.8) is 0 Å². The summed E-state index contributed by atoms with van der Waals surface area (Å²) in [7, 11) is 0. The number of aliphatic hydroxyl groups excluding tert-OH is 1. The van der Waals surface area contributed by atoms with Gasteiger partial charge in [-0.05, 0) is 25.3 Å². The van der Waals surface area contributed by atoms with E-state index in [9.17, 15) is 5.11 Å². The molecule has 4 heteroatoms. The van der Waals surface area contributed by atoms with Crippen LogP contribution in [0.25, 0.3) is 10.8 Å².